The highest BCUT2D eigenvalue weighted by Gasteiger charge is 2.29. The van der Waals surface area contributed by atoms with Crippen molar-refractivity contribution in [2.45, 2.75) is 12.7 Å². The standard InChI is InChI=1S/C17H15ClF3N3O3/c18-12-5-6-14(27-9-17(19,20)21)13(7-12)24-15(25)11-3-1-10(2-4-11)8-23-16(22)26/h1-7H,8-9H2,(H,24,25)(H3,22,23,26). The van der Waals surface area contributed by atoms with Crippen LogP contribution in [-0.4, -0.2) is 24.7 Å². The molecule has 0 saturated carbocycles. The molecule has 27 heavy (non-hydrogen) atoms. The Bertz CT molecular complexity index is 826. The zero-order valence-corrected chi connectivity index (χ0v) is 14.5. The minimum Gasteiger partial charge on any atom is -0.482 e. The zero-order chi connectivity index (χ0) is 20.0. The third-order valence-corrected chi connectivity index (χ3v) is 3.50. The molecule has 0 aliphatic carbocycles. The van der Waals surface area contributed by atoms with E-state index in [0.29, 0.717) is 5.56 Å². The fourth-order valence-electron chi connectivity index (χ4n) is 2.04. The van der Waals surface area contributed by atoms with Gasteiger partial charge >= 0.3 is 12.2 Å². The summed E-state index contributed by atoms with van der Waals surface area (Å²) >= 11 is 5.84. The fourth-order valence-corrected chi connectivity index (χ4v) is 2.22. The van der Waals surface area contributed by atoms with Crippen molar-refractivity contribution in [3.8, 4) is 5.75 Å². The van der Waals surface area contributed by atoms with E-state index in [4.69, 9.17) is 22.1 Å². The third-order valence-electron chi connectivity index (χ3n) is 3.26. The van der Waals surface area contributed by atoms with Crippen molar-refractivity contribution in [3.05, 3.63) is 58.6 Å². The van der Waals surface area contributed by atoms with Crippen molar-refractivity contribution in [2.75, 3.05) is 11.9 Å². The van der Waals surface area contributed by atoms with E-state index < -0.39 is 24.7 Å². The molecule has 0 radical (unpaired) electrons. The summed E-state index contributed by atoms with van der Waals surface area (Å²) in [6, 6.07) is 9.39. The van der Waals surface area contributed by atoms with Crippen LogP contribution in [0.3, 0.4) is 0 Å². The highest BCUT2D eigenvalue weighted by Crippen LogP contribution is 2.30. The first-order chi connectivity index (χ1) is 12.6. The minimum absolute atomic E-state index is 0.0104. The van der Waals surface area contributed by atoms with Gasteiger partial charge in [0.1, 0.15) is 5.75 Å². The van der Waals surface area contributed by atoms with Gasteiger partial charge in [-0.3, -0.25) is 4.79 Å². The second-order valence-corrected chi connectivity index (χ2v) is 5.85. The van der Waals surface area contributed by atoms with Gasteiger partial charge in [-0.2, -0.15) is 13.2 Å². The maximum atomic E-state index is 12.4. The molecule has 0 heterocycles. The number of halogens is 4. The molecule has 2 rings (SSSR count). The molecule has 0 bridgehead atoms. The van der Waals surface area contributed by atoms with Crippen LogP contribution in [-0.2, 0) is 6.54 Å². The molecule has 0 unspecified atom stereocenters. The highest BCUT2D eigenvalue weighted by molar-refractivity contribution is 6.31. The predicted molar refractivity (Wildman–Crippen MR) is 93.8 cm³/mol. The first-order valence-electron chi connectivity index (χ1n) is 7.57. The summed E-state index contributed by atoms with van der Waals surface area (Å²) in [6.07, 6.45) is -4.52. The van der Waals surface area contributed by atoms with Gasteiger partial charge in [-0.05, 0) is 35.9 Å². The van der Waals surface area contributed by atoms with Gasteiger partial charge in [-0.25, -0.2) is 4.79 Å². The van der Waals surface area contributed by atoms with E-state index in [1.807, 2.05) is 0 Å². The number of nitrogens with two attached hydrogens (primary N) is 1. The number of rotatable bonds is 6. The number of alkyl halides is 3. The van der Waals surface area contributed by atoms with Crippen LogP contribution in [0.1, 0.15) is 15.9 Å². The average molecular weight is 402 g/mol. The van der Waals surface area contributed by atoms with Gasteiger partial charge < -0.3 is 21.1 Å². The molecular weight excluding hydrogens is 387 g/mol. The van der Waals surface area contributed by atoms with Gasteiger partial charge in [-0.1, -0.05) is 23.7 Å². The number of hydrogen-bond acceptors (Lipinski definition) is 3. The number of anilines is 1. The highest BCUT2D eigenvalue weighted by atomic mass is 35.5. The number of benzene rings is 2. The van der Waals surface area contributed by atoms with Crippen molar-refractivity contribution >= 4 is 29.2 Å². The molecule has 144 valence electrons. The molecule has 0 aliphatic heterocycles. The van der Waals surface area contributed by atoms with E-state index in [0.717, 1.165) is 0 Å². The van der Waals surface area contributed by atoms with Crippen LogP contribution in [0.25, 0.3) is 0 Å². The molecule has 4 N–H and O–H groups in total. The number of hydrogen-bond donors (Lipinski definition) is 3. The molecular formula is C17H15ClF3N3O3. The van der Waals surface area contributed by atoms with Crippen molar-refractivity contribution in [1.82, 2.24) is 5.32 Å². The summed E-state index contributed by atoms with van der Waals surface area (Å²) in [5.74, 6) is -0.726. The van der Waals surface area contributed by atoms with E-state index in [-0.39, 0.29) is 28.6 Å². The Hall–Kier alpha value is -2.94. The SMILES string of the molecule is NC(=O)NCc1ccc(C(=O)Nc2cc(Cl)ccc2OCC(F)(F)F)cc1. The average Bonchev–Trinajstić information content (AvgIpc) is 2.59. The topological polar surface area (TPSA) is 93.5 Å². The lowest BCUT2D eigenvalue weighted by molar-refractivity contribution is -0.153. The van der Waals surface area contributed by atoms with Crippen LogP contribution in [0.4, 0.5) is 23.7 Å². The Morgan fingerprint density at radius 3 is 2.37 bits per heavy atom. The number of primary amides is 1. The normalized spacial score (nSPS) is 11.0. The quantitative estimate of drug-likeness (QED) is 0.689. The summed E-state index contributed by atoms with van der Waals surface area (Å²) < 4.78 is 41.8. The van der Waals surface area contributed by atoms with Gasteiger partial charge in [-0.15, -0.1) is 0 Å². The molecule has 0 aromatic heterocycles. The summed E-state index contributed by atoms with van der Waals surface area (Å²) in [5.41, 5.74) is 5.95. The van der Waals surface area contributed by atoms with Gasteiger partial charge in [0.05, 0.1) is 5.69 Å². The first kappa shape index (κ1) is 20.4. The van der Waals surface area contributed by atoms with Crippen molar-refractivity contribution in [1.29, 1.82) is 0 Å². The van der Waals surface area contributed by atoms with Crippen molar-refractivity contribution in [3.63, 3.8) is 0 Å². The number of carbonyl (C=O) groups excluding carboxylic acids is 2. The van der Waals surface area contributed by atoms with E-state index in [1.54, 1.807) is 12.1 Å². The molecule has 0 aliphatic rings. The maximum Gasteiger partial charge on any atom is 0.422 e. The van der Waals surface area contributed by atoms with Crippen LogP contribution in [0.2, 0.25) is 5.02 Å². The number of carbonyl (C=O) groups is 2. The van der Waals surface area contributed by atoms with Crippen LogP contribution < -0.4 is 21.1 Å². The van der Waals surface area contributed by atoms with Crippen LogP contribution in [0.5, 0.6) is 5.75 Å². The molecule has 6 nitrogen and oxygen atoms in total. The Morgan fingerprint density at radius 2 is 1.78 bits per heavy atom. The summed E-state index contributed by atoms with van der Waals surface area (Å²) in [5, 5.41) is 5.09. The van der Waals surface area contributed by atoms with Crippen molar-refractivity contribution < 1.29 is 27.5 Å². The lowest BCUT2D eigenvalue weighted by Gasteiger charge is -2.14. The van der Waals surface area contributed by atoms with Gasteiger partial charge in [0, 0.05) is 17.1 Å². The Labute approximate surface area is 157 Å². The first-order valence-corrected chi connectivity index (χ1v) is 7.94. The van der Waals surface area contributed by atoms with Crippen LogP contribution in [0, 0.1) is 0 Å². The summed E-state index contributed by atoms with van der Waals surface area (Å²) in [7, 11) is 0. The summed E-state index contributed by atoms with van der Waals surface area (Å²) in [4.78, 5) is 23.0. The van der Waals surface area contributed by atoms with Gasteiger partial charge in [0.25, 0.3) is 5.91 Å². The van der Waals surface area contributed by atoms with E-state index in [9.17, 15) is 22.8 Å². The van der Waals surface area contributed by atoms with Crippen LogP contribution in [0.15, 0.2) is 42.5 Å². The molecule has 0 fully saturated rings. The van der Waals surface area contributed by atoms with Crippen molar-refractivity contribution in [2.24, 2.45) is 5.73 Å². The smallest absolute Gasteiger partial charge is 0.422 e. The second-order valence-electron chi connectivity index (χ2n) is 5.41. The number of urea groups is 1. The van der Waals surface area contributed by atoms with Crippen LogP contribution >= 0.6 is 11.6 Å². The Morgan fingerprint density at radius 1 is 1.11 bits per heavy atom. The third kappa shape index (κ3) is 6.70. The minimum atomic E-state index is -4.52. The van der Waals surface area contributed by atoms with Gasteiger partial charge in [0.15, 0.2) is 6.61 Å². The number of ether oxygens (including phenoxy) is 1. The second kappa shape index (κ2) is 8.63. The Kier molecular flexibility index (Phi) is 6.51. The largest absolute Gasteiger partial charge is 0.482 e. The lowest BCUT2D eigenvalue weighted by atomic mass is 10.1. The molecule has 3 amide bonds. The molecule has 0 saturated heterocycles. The molecule has 2 aromatic carbocycles. The predicted octanol–water partition coefficient (Wildman–Crippen LogP) is 3.70. The van der Waals surface area contributed by atoms with E-state index >= 15 is 0 Å². The zero-order valence-electron chi connectivity index (χ0n) is 13.8. The van der Waals surface area contributed by atoms with E-state index in [2.05, 4.69) is 10.6 Å². The number of nitrogens with one attached hydrogen (secondary N) is 2. The molecule has 2 aromatic rings. The summed E-state index contributed by atoms with van der Waals surface area (Å²) in [6.45, 7) is -1.31. The van der Waals surface area contributed by atoms with Gasteiger partial charge in [0.2, 0.25) is 0 Å². The lowest BCUT2D eigenvalue weighted by Crippen LogP contribution is -2.28. The molecule has 0 spiro atoms. The molecule has 0 atom stereocenters. The molecule has 10 heteroatoms. The monoisotopic (exact) mass is 401 g/mol. The number of amides is 3. The maximum absolute atomic E-state index is 12.4. The Balaban J connectivity index is 2.10. The van der Waals surface area contributed by atoms with E-state index in [1.165, 1.54) is 30.3 Å². The fraction of sp³-hybridized carbons (Fsp3) is 0.176.